The first-order chi connectivity index (χ1) is 9.56. The van der Waals surface area contributed by atoms with Crippen LogP contribution >= 0.6 is 11.8 Å². The van der Waals surface area contributed by atoms with E-state index in [2.05, 4.69) is 10.3 Å². The third kappa shape index (κ3) is 3.61. The Hall–Kier alpha value is -2.28. The lowest BCUT2D eigenvalue weighted by Gasteiger charge is -2.05. The normalized spacial score (nSPS) is 10.2. The lowest BCUT2D eigenvalue weighted by atomic mass is 10.3. The molecule has 0 radical (unpaired) electrons. The first kappa shape index (κ1) is 14.1. The number of H-pyrrole nitrogens is 1. The second-order valence-electron chi connectivity index (χ2n) is 3.93. The molecule has 1 aromatic heterocycles. The van der Waals surface area contributed by atoms with E-state index in [0.717, 1.165) is 11.8 Å². The molecule has 0 spiro atoms. The van der Waals surface area contributed by atoms with Crippen LogP contribution in [0.1, 0.15) is 10.5 Å². The minimum atomic E-state index is -0.493. The van der Waals surface area contributed by atoms with Crippen molar-refractivity contribution in [2.45, 2.75) is 4.90 Å². The average Bonchev–Trinajstić information content (AvgIpc) is 2.91. The number of nitrogens with two attached hydrogens (primary N) is 1. The van der Waals surface area contributed by atoms with Gasteiger partial charge in [-0.05, 0) is 30.3 Å². The van der Waals surface area contributed by atoms with E-state index in [1.165, 1.54) is 18.2 Å². The van der Waals surface area contributed by atoms with E-state index in [4.69, 9.17) is 5.73 Å². The van der Waals surface area contributed by atoms with Crippen LogP contribution in [0.2, 0.25) is 0 Å². The SMILES string of the molecule is Nc1cc(F)ccc1SCC(=O)NC(=O)c1ccc[nH]1. The van der Waals surface area contributed by atoms with Gasteiger partial charge in [-0.3, -0.25) is 14.9 Å². The van der Waals surface area contributed by atoms with Gasteiger partial charge in [-0.1, -0.05) is 0 Å². The topological polar surface area (TPSA) is 88.0 Å². The van der Waals surface area contributed by atoms with E-state index >= 15 is 0 Å². The fourth-order valence-electron chi connectivity index (χ4n) is 1.50. The second-order valence-corrected chi connectivity index (χ2v) is 4.95. The van der Waals surface area contributed by atoms with Crippen LogP contribution in [0.25, 0.3) is 0 Å². The number of benzene rings is 1. The molecule has 2 rings (SSSR count). The van der Waals surface area contributed by atoms with Gasteiger partial charge in [0.25, 0.3) is 5.91 Å². The number of hydrogen-bond donors (Lipinski definition) is 3. The first-order valence-electron chi connectivity index (χ1n) is 5.71. The lowest BCUT2D eigenvalue weighted by molar-refractivity contribution is -0.117. The van der Waals surface area contributed by atoms with Crippen molar-refractivity contribution >= 4 is 29.3 Å². The number of nitrogens with one attached hydrogen (secondary N) is 2. The predicted octanol–water partition coefficient (Wildman–Crippen LogP) is 1.78. The highest BCUT2D eigenvalue weighted by atomic mass is 32.2. The number of aromatic nitrogens is 1. The molecular weight excluding hydrogens is 281 g/mol. The molecule has 0 fully saturated rings. The van der Waals surface area contributed by atoms with E-state index in [0.29, 0.717) is 10.6 Å². The summed E-state index contributed by atoms with van der Waals surface area (Å²) in [5.41, 5.74) is 6.19. The van der Waals surface area contributed by atoms with Crippen LogP contribution in [0.5, 0.6) is 0 Å². The van der Waals surface area contributed by atoms with E-state index in [-0.39, 0.29) is 11.4 Å². The summed E-state index contributed by atoms with van der Waals surface area (Å²) in [6.07, 6.45) is 1.59. The summed E-state index contributed by atoms with van der Waals surface area (Å²) in [4.78, 5) is 26.5. The molecule has 5 nitrogen and oxygen atoms in total. The average molecular weight is 293 g/mol. The number of carbonyl (C=O) groups excluding carboxylic acids is 2. The molecule has 1 heterocycles. The molecule has 4 N–H and O–H groups in total. The Morgan fingerprint density at radius 2 is 2.15 bits per heavy atom. The number of anilines is 1. The first-order valence-corrected chi connectivity index (χ1v) is 6.70. The van der Waals surface area contributed by atoms with Crippen molar-refractivity contribution < 1.29 is 14.0 Å². The quantitative estimate of drug-likeness (QED) is 0.592. The fraction of sp³-hybridized carbons (Fsp3) is 0.0769. The number of rotatable bonds is 4. The van der Waals surface area contributed by atoms with Gasteiger partial charge in [0.1, 0.15) is 11.5 Å². The highest BCUT2D eigenvalue weighted by Gasteiger charge is 2.11. The maximum Gasteiger partial charge on any atom is 0.274 e. The Balaban J connectivity index is 1.88. The van der Waals surface area contributed by atoms with Gasteiger partial charge in [0.2, 0.25) is 5.91 Å². The Morgan fingerprint density at radius 3 is 2.80 bits per heavy atom. The van der Waals surface area contributed by atoms with Crippen molar-refractivity contribution in [2.75, 3.05) is 11.5 Å². The Labute approximate surface area is 118 Å². The van der Waals surface area contributed by atoms with Crippen LogP contribution in [0.15, 0.2) is 41.4 Å². The summed E-state index contributed by atoms with van der Waals surface area (Å²) in [6.45, 7) is 0. The highest BCUT2D eigenvalue weighted by molar-refractivity contribution is 8.00. The monoisotopic (exact) mass is 293 g/mol. The Morgan fingerprint density at radius 1 is 1.35 bits per heavy atom. The van der Waals surface area contributed by atoms with Gasteiger partial charge in [0.15, 0.2) is 0 Å². The van der Waals surface area contributed by atoms with Gasteiger partial charge in [-0.2, -0.15) is 0 Å². The number of amides is 2. The van der Waals surface area contributed by atoms with Crippen molar-refractivity contribution in [3.05, 3.63) is 48.0 Å². The van der Waals surface area contributed by atoms with Crippen molar-refractivity contribution in [2.24, 2.45) is 0 Å². The van der Waals surface area contributed by atoms with Crippen LogP contribution in [0.3, 0.4) is 0 Å². The maximum atomic E-state index is 12.9. The standard InChI is InChI=1S/C13H12FN3O2S/c14-8-3-4-11(9(15)6-8)20-7-12(18)17-13(19)10-2-1-5-16-10/h1-6,16H,7,15H2,(H,17,18,19). The van der Waals surface area contributed by atoms with Crippen LogP contribution in [0.4, 0.5) is 10.1 Å². The van der Waals surface area contributed by atoms with E-state index in [9.17, 15) is 14.0 Å². The van der Waals surface area contributed by atoms with Crippen molar-refractivity contribution in [3.63, 3.8) is 0 Å². The summed E-state index contributed by atoms with van der Waals surface area (Å²) in [5, 5.41) is 2.24. The number of carbonyl (C=O) groups is 2. The van der Waals surface area contributed by atoms with Crippen LogP contribution in [0, 0.1) is 5.82 Å². The molecule has 20 heavy (non-hydrogen) atoms. The Bertz CT molecular complexity index is 629. The van der Waals surface area contributed by atoms with Crippen LogP contribution in [-0.2, 0) is 4.79 Å². The zero-order valence-electron chi connectivity index (χ0n) is 10.4. The predicted molar refractivity (Wildman–Crippen MR) is 74.8 cm³/mol. The number of thioether (sulfide) groups is 1. The highest BCUT2D eigenvalue weighted by Crippen LogP contribution is 2.25. The molecule has 0 unspecified atom stereocenters. The molecule has 104 valence electrons. The molecule has 1 aromatic carbocycles. The van der Waals surface area contributed by atoms with Gasteiger partial charge in [-0.25, -0.2) is 4.39 Å². The lowest BCUT2D eigenvalue weighted by Crippen LogP contribution is -2.32. The zero-order valence-corrected chi connectivity index (χ0v) is 11.2. The minimum Gasteiger partial charge on any atom is -0.398 e. The number of nitrogen functional groups attached to an aromatic ring is 1. The maximum absolute atomic E-state index is 12.9. The number of imide groups is 1. The molecule has 0 aliphatic carbocycles. The van der Waals surface area contributed by atoms with Gasteiger partial charge < -0.3 is 10.7 Å². The second kappa shape index (κ2) is 6.25. The largest absolute Gasteiger partial charge is 0.398 e. The number of halogens is 1. The van der Waals surface area contributed by atoms with Crippen molar-refractivity contribution in [1.82, 2.24) is 10.3 Å². The van der Waals surface area contributed by atoms with Gasteiger partial charge in [0, 0.05) is 16.8 Å². The van der Waals surface area contributed by atoms with Crippen LogP contribution < -0.4 is 11.1 Å². The van der Waals surface area contributed by atoms with Crippen molar-refractivity contribution in [3.8, 4) is 0 Å². The summed E-state index contributed by atoms with van der Waals surface area (Å²) in [5.74, 6) is -1.35. The van der Waals surface area contributed by atoms with Crippen molar-refractivity contribution in [1.29, 1.82) is 0 Å². The van der Waals surface area contributed by atoms with Crippen LogP contribution in [-0.4, -0.2) is 22.6 Å². The molecule has 0 bridgehead atoms. The molecule has 0 saturated carbocycles. The zero-order chi connectivity index (χ0) is 14.5. The molecule has 0 aliphatic heterocycles. The molecule has 7 heteroatoms. The van der Waals surface area contributed by atoms with E-state index < -0.39 is 17.6 Å². The third-order valence-corrected chi connectivity index (χ3v) is 3.52. The number of aromatic amines is 1. The smallest absolute Gasteiger partial charge is 0.274 e. The van der Waals surface area contributed by atoms with Gasteiger partial charge >= 0.3 is 0 Å². The molecule has 0 atom stereocenters. The molecule has 2 amide bonds. The Kier molecular flexibility index (Phi) is 4.41. The summed E-state index contributed by atoms with van der Waals surface area (Å²) in [6, 6.07) is 7.17. The summed E-state index contributed by atoms with van der Waals surface area (Å²) >= 11 is 1.14. The summed E-state index contributed by atoms with van der Waals surface area (Å²) in [7, 11) is 0. The van der Waals surface area contributed by atoms with Gasteiger partial charge in [-0.15, -0.1) is 11.8 Å². The van der Waals surface area contributed by atoms with Gasteiger partial charge in [0.05, 0.1) is 5.75 Å². The fourth-order valence-corrected chi connectivity index (χ4v) is 2.24. The minimum absolute atomic E-state index is 0.0162. The molecule has 0 saturated heterocycles. The molecule has 2 aromatic rings. The van der Waals surface area contributed by atoms with E-state index in [1.807, 2.05) is 0 Å². The number of hydrogen-bond acceptors (Lipinski definition) is 4. The van der Waals surface area contributed by atoms with E-state index in [1.54, 1.807) is 18.3 Å². The molecular formula is C13H12FN3O2S. The third-order valence-electron chi connectivity index (χ3n) is 2.43. The molecule has 0 aliphatic rings. The summed E-state index contributed by atoms with van der Waals surface area (Å²) < 4.78 is 12.9.